The summed E-state index contributed by atoms with van der Waals surface area (Å²) in [5.74, 6) is 0. The Morgan fingerprint density at radius 2 is 1.70 bits per heavy atom. The van der Waals surface area contributed by atoms with E-state index in [1.807, 2.05) is 62.0 Å². The lowest BCUT2D eigenvalue weighted by atomic mass is 10.1. The van der Waals surface area contributed by atoms with E-state index < -0.39 is 10.0 Å². The van der Waals surface area contributed by atoms with Gasteiger partial charge in [0, 0.05) is 56.0 Å². The van der Waals surface area contributed by atoms with E-state index in [0.717, 1.165) is 27.7 Å². The largest absolute Gasteiger partial charge is 0.351 e. The summed E-state index contributed by atoms with van der Waals surface area (Å²) in [4.78, 5) is 14.6. The fourth-order valence-corrected chi connectivity index (χ4v) is 5.22. The normalized spacial score (nSPS) is 15.5. The van der Waals surface area contributed by atoms with Crippen LogP contribution >= 0.6 is 0 Å². The summed E-state index contributed by atoms with van der Waals surface area (Å²) in [6, 6.07) is 12.8. The number of hydrogen-bond acceptors (Lipinski definition) is 3. The number of hydrogen-bond donors (Lipinski definition) is 1. The van der Waals surface area contributed by atoms with Crippen molar-refractivity contribution in [3.8, 4) is 0 Å². The van der Waals surface area contributed by atoms with Crippen LogP contribution in [0.25, 0.3) is 10.9 Å². The van der Waals surface area contributed by atoms with E-state index in [1.54, 1.807) is 17.0 Å². The zero-order valence-electron chi connectivity index (χ0n) is 17.4. The molecule has 0 saturated carbocycles. The van der Waals surface area contributed by atoms with Gasteiger partial charge in [0.05, 0.1) is 4.90 Å². The predicted molar refractivity (Wildman–Crippen MR) is 118 cm³/mol. The van der Waals surface area contributed by atoms with Crippen molar-refractivity contribution in [2.24, 2.45) is 7.05 Å². The number of sulfonamides is 1. The average Bonchev–Trinajstić information content (AvgIpc) is 3.11. The number of carbonyl (C=O) groups is 1. The SMILES string of the molecule is Cc1ccc(C)c(NC(=O)N2CCN(S(=O)(=O)c3ccc4c(ccn4C)c3)CC2)c1. The Morgan fingerprint density at radius 1 is 0.967 bits per heavy atom. The molecule has 0 bridgehead atoms. The van der Waals surface area contributed by atoms with Crippen molar-refractivity contribution in [2.75, 3.05) is 31.5 Å². The molecule has 0 atom stereocenters. The quantitative estimate of drug-likeness (QED) is 0.698. The van der Waals surface area contributed by atoms with Gasteiger partial charge < -0.3 is 14.8 Å². The van der Waals surface area contributed by atoms with Gasteiger partial charge in [-0.05, 0) is 55.3 Å². The van der Waals surface area contributed by atoms with Crippen LogP contribution in [0.15, 0.2) is 53.6 Å². The summed E-state index contributed by atoms with van der Waals surface area (Å²) < 4.78 is 29.6. The standard InChI is InChI=1S/C22H26N4O3S/c1-16-4-5-17(2)20(14-16)23-22(27)25-10-12-26(13-11-25)30(28,29)19-6-7-21-18(15-19)8-9-24(21)3/h4-9,14-15H,10-13H2,1-3H3,(H,23,27). The molecule has 1 N–H and O–H groups in total. The first-order chi connectivity index (χ1) is 14.3. The Balaban J connectivity index is 1.44. The number of nitrogens with one attached hydrogen (secondary N) is 1. The molecule has 7 nitrogen and oxygen atoms in total. The molecule has 3 aromatic rings. The molecule has 4 rings (SSSR count). The summed E-state index contributed by atoms with van der Waals surface area (Å²) in [6.45, 7) is 5.17. The lowest BCUT2D eigenvalue weighted by molar-refractivity contribution is 0.184. The van der Waals surface area contributed by atoms with Crippen LogP contribution in [0.5, 0.6) is 0 Å². The molecule has 1 aliphatic heterocycles. The number of carbonyl (C=O) groups excluding carboxylic acids is 1. The van der Waals surface area contributed by atoms with Crippen LogP contribution in [0.4, 0.5) is 10.5 Å². The van der Waals surface area contributed by atoms with Gasteiger partial charge in [-0.25, -0.2) is 13.2 Å². The van der Waals surface area contributed by atoms with Gasteiger partial charge in [0.25, 0.3) is 0 Å². The summed E-state index contributed by atoms with van der Waals surface area (Å²) in [5.41, 5.74) is 3.83. The first-order valence-electron chi connectivity index (χ1n) is 9.94. The fraction of sp³-hybridized carbons (Fsp3) is 0.318. The van der Waals surface area contributed by atoms with Crippen molar-refractivity contribution in [1.82, 2.24) is 13.8 Å². The number of fused-ring (bicyclic) bond motifs is 1. The number of rotatable bonds is 3. The van der Waals surface area contributed by atoms with Gasteiger partial charge in [-0.2, -0.15) is 4.31 Å². The number of benzene rings is 2. The van der Waals surface area contributed by atoms with E-state index in [0.29, 0.717) is 13.1 Å². The number of piperazine rings is 1. The Morgan fingerprint density at radius 3 is 2.43 bits per heavy atom. The summed E-state index contributed by atoms with van der Waals surface area (Å²) in [7, 11) is -1.67. The van der Waals surface area contributed by atoms with Gasteiger partial charge >= 0.3 is 6.03 Å². The van der Waals surface area contributed by atoms with Gasteiger partial charge in [-0.15, -0.1) is 0 Å². The molecule has 1 aliphatic rings. The molecule has 0 unspecified atom stereocenters. The number of anilines is 1. The molecule has 2 aromatic carbocycles. The molecule has 1 saturated heterocycles. The van der Waals surface area contributed by atoms with Gasteiger partial charge in [-0.3, -0.25) is 0 Å². The molecule has 0 radical (unpaired) electrons. The van der Waals surface area contributed by atoms with E-state index in [2.05, 4.69) is 5.32 Å². The molecule has 30 heavy (non-hydrogen) atoms. The highest BCUT2D eigenvalue weighted by Gasteiger charge is 2.30. The van der Waals surface area contributed by atoms with Gasteiger partial charge in [0.15, 0.2) is 0 Å². The Bertz CT molecular complexity index is 1210. The van der Waals surface area contributed by atoms with Crippen LogP contribution in [0.1, 0.15) is 11.1 Å². The minimum atomic E-state index is -3.60. The van der Waals surface area contributed by atoms with Crippen molar-refractivity contribution in [1.29, 1.82) is 0 Å². The van der Waals surface area contributed by atoms with Crippen molar-refractivity contribution in [2.45, 2.75) is 18.7 Å². The van der Waals surface area contributed by atoms with Crippen molar-refractivity contribution < 1.29 is 13.2 Å². The fourth-order valence-electron chi connectivity index (χ4n) is 3.77. The molecule has 0 spiro atoms. The number of aryl methyl sites for hydroxylation is 3. The number of urea groups is 1. The van der Waals surface area contributed by atoms with E-state index in [4.69, 9.17) is 0 Å². The Kier molecular flexibility index (Phi) is 5.29. The monoisotopic (exact) mass is 426 g/mol. The second kappa shape index (κ2) is 7.77. The third kappa shape index (κ3) is 3.80. The third-order valence-corrected chi connectivity index (χ3v) is 7.55. The first-order valence-corrected chi connectivity index (χ1v) is 11.4. The second-order valence-corrected chi connectivity index (χ2v) is 9.72. The molecule has 158 valence electrons. The third-order valence-electron chi connectivity index (χ3n) is 5.65. The highest BCUT2D eigenvalue weighted by Crippen LogP contribution is 2.24. The van der Waals surface area contributed by atoms with Gasteiger partial charge in [0.1, 0.15) is 0 Å². The topological polar surface area (TPSA) is 74.7 Å². The molecule has 1 fully saturated rings. The maximum absolute atomic E-state index is 13.1. The van der Waals surface area contributed by atoms with Crippen molar-refractivity contribution >= 4 is 32.6 Å². The summed E-state index contributed by atoms with van der Waals surface area (Å²) in [5, 5.41) is 3.84. The van der Waals surface area contributed by atoms with E-state index in [9.17, 15) is 13.2 Å². The molecule has 2 heterocycles. The predicted octanol–water partition coefficient (Wildman–Crippen LogP) is 3.33. The second-order valence-electron chi connectivity index (χ2n) is 7.79. The molecule has 8 heteroatoms. The Hall–Kier alpha value is -2.84. The van der Waals surface area contributed by atoms with Crippen LogP contribution < -0.4 is 5.32 Å². The van der Waals surface area contributed by atoms with Crippen LogP contribution in [-0.2, 0) is 17.1 Å². The minimum absolute atomic E-state index is 0.202. The van der Waals surface area contributed by atoms with Gasteiger partial charge in [-0.1, -0.05) is 12.1 Å². The highest BCUT2D eigenvalue weighted by atomic mass is 32.2. The van der Waals surface area contributed by atoms with E-state index in [1.165, 1.54) is 4.31 Å². The first kappa shape index (κ1) is 20.4. The van der Waals surface area contributed by atoms with Gasteiger partial charge in [0.2, 0.25) is 10.0 Å². The number of amides is 2. The molecular formula is C22H26N4O3S. The van der Waals surface area contributed by atoms with E-state index >= 15 is 0 Å². The maximum atomic E-state index is 13.1. The molecule has 1 aromatic heterocycles. The summed E-state index contributed by atoms with van der Waals surface area (Å²) >= 11 is 0. The van der Waals surface area contributed by atoms with Crippen LogP contribution in [-0.4, -0.2) is 54.4 Å². The Labute approximate surface area is 176 Å². The van der Waals surface area contributed by atoms with Crippen LogP contribution in [0.2, 0.25) is 0 Å². The van der Waals surface area contributed by atoms with E-state index in [-0.39, 0.29) is 24.0 Å². The molecule has 2 amide bonds. The lowest BCUT2D eigenvalue weighted by Crippen LogP contribution is -2.51. The minimum Gasteiger partial charge on any atom is -0.351 e. The summed E-state index contributed by atoms with van der Waals surface area (Å²) in [6.07, 6.45) is 1.91. The molecule has 0 aliphatic carbocycles. The number of nitrogens with zero attached hydrogens (tertiary/aromatic N) is 3. The zero-order valence-corrected chi connectivity index (χ0v) is 18.2. The lowest BCUT2D eigenvalue weighted by Gasteiger charge is -2.34. The number of aromatic nitrogens is 1. The van der Waals surface area contributed by atoms with Crippen molar-refractivity contribution in [3.63, 3.8) is 0 Å². The zero-order chi connectivity index (χ0) is 21.5. The van der Waals surface area contributed by atoms with Crippen molar-refractivity contribution in [3.05, 3.63) is 59.8 Å². The van der Waals surface area contributed by atoms with Crippen LogP contribution in [0.3, 0.4) is 0 Å². The molecular weight excluding hydrogens is 400 g/mol. The van der Waals surface area contributed by atoms with Crippen LogP contribution in [0, 0.1) is 13.8 Å². The smallest absolute Gasteiger partial charge is 0.321 e. The maximum Gasteiger partial charge on any atom is 0.321 e. The average molecular weight is 427 g/mol. The highest BCUT2D eigenvalue weighted by molar-refractivity contribution is 7.89.